The summed E-state index contributed by atoms with van der Waals surface area (Å²) >= 11 is 0. The van der Waals surface area contributed by atoms with Crippen molar-refractivity contribution in [3.63, 3.8) is 0 Å². The van der Waals surface area contributed by atoms with E-state index < -0.39 is 27.7 Å². The lowest BCUT2D eigenvalue weighted by Gasteiger charge is -2.24. The Hall–Kier alpha value is -1.57. The van der Waals surface area contributed by atoms with Gasteiger partial charge in [-0.1, -0.05) is 6.42 Å². The van der Waals surface area contributed by atoms with E-state index in [4.69, 9.17) is 10.2 Å². The molecule has 0 aliphatic heterocycles. The van der Waals surface area contributed by atoms with Crippen molar-refractivity contribution in [1.82, 2.24) is 4.72 Å². The molecule has 96 valence electrons. The van der Waals surface area contributed by atoms with Crippen LogP contribution in [0.4, 0.5) is 0 Å². The summed E-state index contributed by atoms with van der Waals surface area (Å²) in [6.07, 6.45) is 2.80. The van der Waals surface area contributed by atoms with Crippen molar-refractivity contribution in [2.75, 3.05) is 5.75 Å². The third-order valence-electron chi connectivity index (χ3n) is 2.42. The zero-order valence-electron chi connectivity index (χ0n) is 8.92. The van der Waals surface area contributed by atoms with Crippen LogP contribution in [0.15, 0.2) is 11.8 Å². The molecule has 7 nitrogen and oxygen atoms in total. The van der Waals surface area contributed by atoms with Crippen molar-refractivity contribution < 1.29 is 28.2 Å². The van der Waals surface area contributed by atoms with E-state index in [0.717, 1.165) is 19.3 Å². The van der Waals surface area contributed by atoms with E-state index in [1.807, 2.05) is 0 Å². The number of carboxylic acids is 1. The minimum atomic E-state index is -3.82. The Morgan fingerprint density at radius 1 is 1.29 bits per heavy atom. The largest absolute Gasteiger partial charge is 0.503 e. The normalized spacial score (nSPS) is 17.3. The molecule has 0 radical (unpaired) electrons. The Kier molecular flexibility index (Phi) is 4.11. The van der Waals surface area contributed by atoms with Gasteiger partial charge in [0.05, 0.1) is 11.8 Å². The van der Waals surface area contributed by atoms with Gasteiger partial charge in [-0.3, -0.25) is 4.79 Å². The van der Waals surface area contributed by atoms with Gasteiger partial charge in [0.15, 0.2) is 5.76 Å². The van der Waals surface area contributed by atoms with Crippen molar-refractivity contribution in [3.8, 4) is 0 Å². The van der Waals surface area contributed by atoms with Gasteiger partial charge in [0.25, 0.3) is 5.91 Å². The van der Waals surface area contributed by atoms with Crippen molar-refractivity contribution >= 4 is 21.9 Å². The van der Waals surface area contributed by atoms with Gasteiger partial charge in [-0.15, -0.1) is 0 Å². The van der Waals surface area contributed by atoms with Crippen molar-refractivity contribution in [2.45, 2.75) is 19.3 Å². The summed E-state index contributed by atoms with van der Waals surface area (Å²) in [6.45, 7) is 0. The van der Waals surface area contributed by atoms with Gasteiger partial charge in [-0.05, 0) is 18.8 Å². The standard InChI is InChI=1S/C9H13NO6S/c11-7(4-8(12)13)9(14)10-17(15,16)5-6-2-1-3-6/h4,6,11H,1-3,5H2,(H,10,14)(H,12,13). The molecule has 1 aliphatic rings. The number of aliphatic hydroxyl groups excluding tert-OH is 1. The maximum atomic E-state index is 11.4. The van der Waals surface area contributed by atoms with E-state index in [1.165, 1.54) is 0 Å². The van der Waals surface area contributed by atoms with Gasteiger partial charge in [0.2, 0.25) is 10.0 Å². The zero-order valence-corrected chi connectivity index (χ0v) is 9.74. The first-order valence-electron chi connectivity index (χ1n) is 4.98. The van der Waals surface area contributed by atoms with Crippen LogP contribution in [0.2, 0.25) is 0 Å². The van der Waals surface area contributed by atoms with Crippen LogP contribution in [0, 0.1) is 5.92 Å². The third kappa shape index (κ3) is 4.43. The number of rotatable bonds is 5. The second-order valence-electron chi connectivity index (χ2n) is 3.88. The molecular formula is C9H13NO6S. The number of aliphatic carboxylic acids is 1. The Morgan fingerprint density at radius 3 is 2.29 bits per heavy atom. The van der Waals surface area contributed by atoms with Crippen molar-refractivity contribution in [2.24, 2.45) is 5.92 Å². The van der Waals surface area contributed by atoms with Crippen LogP contribution >= 0.6 is 0 Å². The summed E-state index contributed by atoms with van der Waals surface area (Å²) in [5, 5.41) is 17.2. The molecule has 0 aromatic carbocycles. The quantitative estimate of drug-likeness (QED) is 0.465. The second-order valence-corrected chi connectivity index (χ2v) is 5.64. The smallest absolute Gasteiger partial charge is 0.332 e. The average molecular weight is 263 g/mol. The highest BCUT2D eigenvalue weighted by Gasteiger charge is 2.26. The fraction of sp³-hybridized carbons (Fsp3) is 0.556. The summed E-state index contributed by atoms with van der Waals surface area (Å²) < 4.78 is 24.4. The number of hydrogen-bond acceptors (Lipinski definition) is 5. The SMILES string of the molecule is O=C(O)C=C(O)C(=O)NS(=O)(=O)CC1CCC1. The lowest BCUT2D eigenvalue weighted by atomic mass is 9.87. The predicted octanol–water partition coefficient (Wildman–Crippen LogP) is -0.241. The van der Waals surface area contributed by atoms with E-state index in [0.29, 0.717) is 0 Å². The minimum absolute atomic E-state index is 0.0332. The lowest BCUT2D eigenvalue weighted by molar-refractivity contribution is -0.132. The van der Waals surface area contributed by atoms with Gasteiger partial charge >= 0.3 is 5.97 Å². The average Bonchev–Trinajstić information content (AvgIpc) is 2.10. The highest BCUT2D eigenvalue weighted by molar-refractivity contribution is 7.90. The number of amides is 1. The van der Waals surface area contributed by atoms with Gasteiger partial charge in [0.1, 0.15) is 0 Å². The van der Waals surface area contributed by atoms with Gasteiger partial charge in [0, 0.05) is 0 Å². The number of carbonyl (C=O) groups excluding carboxylic acids is 1. The van der Waals surface area contributed by atoms with E-state index in [1.54, 1.807) is 4.72 Å². The Balaban J connectivity index is 2.57. The van der Waals surface area contributed by atoms with Crippen LogP contribution in [0.25, 0.3) is 0 Å². The molecule has 8 heteroatoms. The molecule has 1 amide bonds. The first kappa shape index (κ1) is 13.5. The summed E-state index contributed by atoms with van der Waals surface area (Å²) in [6, 6.07) is 0. The van der Waals surface area contributed by atoms with Crippen LogP contribution in [0.1, 0.15) is 19.3 Å². The Labute approximate surface area is 98.2 Å². The first-order chi connectivity index (χ1) is 7.80. The molecule has 0 spiro atoms. The van der Waals surface area contributed by atoms with Crippen LogP contribution in [0.3, 0.4) is 0 Å². The molecule has 0 atom stereocenters. The molecule has 0 aromatic rings. The summed E-state index contributed by atoms with van der Waals surface area (Å²) in [5.41, 5.74) is 0. The zero-order chi connectivity index (χ0) is 13.1. The highest BCUT2D eigenvalue weighted by atomic mass is 32.2. The van der Waals surface area contributed by atoms with E-state index in [-0.39, 0.29) is 17.7 Å². The number of carboxylic acid groups (broad SMARTS) is 1. The van der Waals surface area contributed by atoms with Gasteiger partial charge < -0.3 is 10.2 Å². The molecule has 0 aromatic heterocycles. The van der Waals surface area contributed by atoms with Crippen molar-refractivity contribution in [1.29, 1.82) is 0 Å². The van der Waals surface area contributed by atoms with E-state index in [2.05, 4.69) is 0 Å². The Bertz CT molecular complexity index is 448. The Morgan fingerprint density at radius 2 is 1.88 bits per heavy atom. The topological polar surface area (TPSA) is 121 Å². The summed E-state index contributed by atoms with van der Waals surface area (Å²) in [5.74, 6) is -4.15. The molecule has 1 aliphatic carbocycles. The molecule has 17 heavy (non-hydrogen) atoms. The minimum Gasteiger partial charge on any atom is -0.503 e. The van der Waals surface area contributed by atoms with Crippen LogP contribution in [-0.2, 0) is 19.6 Å². The number of sulfonamides is 1. The van der Waals surface area contributed by atoms with Gasteiger partial charge in [-0.25, -0.2) is 17.9 Å². The molecule has 0 unspecified atom stereocenters. The molecular weight excluding hydrogens is 250 g/mol. The van der Waals surface area contributed by atoms with E-state index >= 15 is 0 Å². The monoisotopic (exact) mass is 263 g/mol. The highest BCUT2D eigenvalue weighted by Crippen LogP contribution is 2.27. The maximum Gasteiger partial charge on any atom is 0.332 e. The van der Waals surface area contributed by atoms with Crippen LogP contribution < -0.4 is 4.72 Å². The molecule has 0 saturated heterocycles. The summed E-state index contributed by atoms with van der Waals surface area (Å²) in [4.78, 5) is 21.3. The molecule has 0 bridgehead atoms. The molecule has 1 fully saturated rings. The van der Waals surface area contributed by atoms with Crippen LogP contribution in [0.5, 0.6) is 0 Å². The third-order valence-corrected chi connectivity index (χ3v) is 3.83. The maximum absolute atomic E-state index is 11.4. The first-order valence-corrected chi connectivity index (χ1v) is 6.64. The molecule has 3 N–H and O–H groups in total. The number of carbonyl (C=O) groups is 2. The number of aliphatic hydroxyl groups is 1. The van der Waals surface area contributed by atoms with Gasteiger partial charge in [-0.2, -0.15) is 0 Å². The fourth-order valence-electron chi connectivity index (χ4n) is 1.39. The van der Waals surface area contributed by atoms with E-state index in [9.17, 15) is 18.0 Å². The lowest BCUT2D eigenvalue weighted by Crippen LogP contribution is -2.37. The molecule has 0 heterocycles. The summed E-state index contributed by atoms with van der Waals surface area (Å²) in [7, 11) is -3.82. The molecule has 1 saturated carbocycles. The second kappa shape index (κ2) is 5.17. The molecule has 1 rings (SSSR count). The van der Waals surface area contributed by atoms with Crippen LogP contribution in [-0.4, -0.2) is 36.3 Å². The predicted molar refractivity (Wildman–Crippen MR) is 57.6 cm³/mol. The van der Waals surface area contributed by atoms with Crippen molar-refractivity contribution in [3.05, 3.63) is 11.8 Å². The number of hydrogen-bond donors (Lipinski definition) is 3. The number of nitrogens with one attached hydrogen (secondary N) is 1. The fourth-order valence-corrected chi connectivity index (χ4v) is 2.81.